The summed E-state index contributed by atoms with van der Waals surface area (Å²) in [6, 6.07) is 0. The summed E-state index contributed by atoms with van der Waals surface area (Å²) in [5.74, 6) is 25.1. The highest BCUT2D eigenvalue weighted by Crippen LogP contribution is 2.12. The fraction of sp³-hybridized carbons (Fsp3) is 0.830. The lowest BCUT2D eigenvalue weighted by atomic mass is 10.1. The summed E-state index contributed by atoms with van der Waals surface area (Å²) in [4.78, 5) is 0. The summed E-state index contributed by atoms with van der Waals surface area (Å²) in [5, 5.41) is 0. The van der Waals surface area contributed by atoms with Crippen LogP contribution < -0.4 is 0 Å². The first-order valence-electron chi connectivity index (χ1n) is 21.5. The third kappa shape index (κ3) is 46.2. The molecular weight excluding hydrogens is 597 g/mol. The minimum Gasteiger partial charge on any atom is -0.355 e. The molecular formula is C47H80O2. The van der Waals surface area contributed by atoms with Crippen molar-refractivity contribution < 1.29 is 9.47 Å². The molecule has 0 bridgehead atoms. The molecule has 0 fully saturated rings. The molecule has 2 nitrogen and oxygen atoms in total. The Balaban J connectivity index is 3.23. The van der Waals surface area contributed by atoms with Gasteiger partial charge in [0.1, 0.15) is 6.79 Å². The lowest BCUT2D eigenvalue weighted by Gasteiger charge is -2.06. The van der Waals surface area contributed by atoms with Crippen LogP contribution in [0.1, 0.15) is 232 Å². The molecule has 0 heterocycles. The van der Waals surface area contributed by atoms with Crippen LogP contribution in [-0.4, -0.2) is 20.0 Å². The van der Waals surface area contributed by atoms with E-state index in [4.69, 9.17) is 9.47 Å². The molecule has 0 atom stereocenters. The van der Waals surface area contributed by atoms with E-state index in [0.29, 0.717) is 6.79 Å². The van der Waals surface area contributed by atoms with Crippen LogP contribution >= 0.6 is 0 Å². The predicted molar refractivity (Wildman–Crippen MR) is 216 cm³/mol. The minimum atomic E-state index is 0.454. The molecule has 0 amide bonds. The van der Waals surface area contributed by atoms with E-state index in [0.717, 1.165) is 51.7 Å². The van der Waals surface area contributed by atoms with Crippen LogP contribution in [0.4, 0.5) is 0 Å². The highest BCUT2D eigenvalue weighted by molar-refractivity contribution is 5.26. The first-order valence-corrected chi connectivity index (χ1v) is 21.5. The Morgan fingerprint density at radius 3 is 0.755 bits per heavy atom. The Hall–Kier alpha value is -1.84. The van der Waals surface area contributed by atoms with Gasteiger partial charge >= 0.3 is 0 Å². The summed E-state index contributed by atoms with van der Waals surface area (Å²) < 4.78 is 11.3. The van der Waals surface area contributed by atoms with Crippen molar-refractivity contribution in [2.45, 2.75) is 232 Å². The molecule has 0 saturated heterocycles. The molecule has 0 N–H and O–H groups in total. The van der Waals surface area contributed by atoms with Crippen molar-refractivity contribution in [2.24, 2.45) is 0 Å². The van der Waals surface area contributed by atoms with E-state index in [1.165, 1.54) is 180 Å². The van der Waals surface area contributed by atoms with Crippen molar-refractivity contribution in [1.82, 2.24) is 0 Å². The summed E-state index contributed by atoms with van der Waals surface area (Å²) in [6.45, 7) is 6.66. The van der Waals surface area contributed by atoms with Crippen molar-refractivity contribution in [3.8, 4) is 47.4 Å². The Labute approximate surface area is 308 Å². The van der Waals surface area contributed by atoms with Crippen LogP contribution in [0.2, 0.25) is 0 Å². The summed E-state index contributed by atoms with van der Waals surface area (Å²) in [6.07, 6.45) is 43.4. The molecule has 0 aromatic rings. The highest BCUT2D eigenvalue weighted by atomic mass is 16.7. The third-order valence-corrected chi connectivity index (χ3v) is 9.14. The average molecular weight is 677 g/mol. The molecule has 0 aliphatic rings. The van der Waals surface area contributed by atoms with Crippen molar-refractivity contribution in [3.05, 3.63) is 0 Å². The Bertz CT molecular complexity index is 815. The zero-order valence-corrected chi connectivity index (χ0v) is 33.0. The second kappa shape index (κ2) is 46.2. The quantitative estimate of drug-likeness (QED) is 0.0373. The number of hydrogen-bond acceptors (Lipinski definition) is 2. The topological polar surface area (TPSA) is 18.5 Å². The molecule has 0 unspecified atom stereocenters. The van der Waals surface area contributed by atoms with Crippen LogP contribution in [0.25, 0.3) is 0 Å². The maximum Gasteiger partial charge on any atom is 0.146 e. The Kier molecular flexibility index (Phi) is 44.4. The van der Waals surface area contributed by atoms with Crippen molar-refractivity contribution in [3.63, 3.8) is 0 Å². The van der Waals surface area contributed by atoms with E-state index < -0.39 is 0 Å². The van der Waals surface area contributed by atoms with Gasteiger partial charge in [0, 0.05) is 38.9 Å². The predicted octanol–water partition coefficient (Wildman–Crippen LogP) is 14.3. The van der Waals surface area contributed by atoms with Gasteiger partial charge in [-0.2, -0.15) is 0 Å². The van der Waals surface area contributed by atoms with Gasteiger partial charge < -0.3 is 9.47 Å². The Morgan fingerprint density at radius 2 is 0.490 bits per heavy atom. The molecule has 0 saturated carbocycles. The molecule has 0 aliphatic heterocycles. The van der Waals surface area contributed by atoms with Gasteiger partial charge in [-0.15, -0.1) is 0 Å². The van der Waals surface area contributed by atoms with Gasteiger partial charge in [0.2, 0.25) is 0 Å². The minimum absolute atomic E-state index is 0.454. The van der Waals surface area contributed by atoms with Crippen molar-refractivity contribution >= 4 is 0 Å². The van der Waals surface area contributed by atoms with E-state index in [2.05, 4.69) is 61.2 Å². The molecule has 0 aromatic heterocycles. The molecule has 0 rings (SSSR count). The zero-order chi connectivity index (χ0) is 35.2. The Morgan fingerprint density at radius 1 is 0.265 bits per heavy atom. The largest absolute Gasteiger partial charge is 0.355 e. The van der Waals surface area contributed by atoms with Crippen molar-refractivity contribution in [2.75, 3.05) is 20.0 Å². The van der Waals surface area contributed by atoms with Gasteiger partial charge in [0.15, 0.2) is 0 Å². The highest BCUT2D eigenvalue weighted by Gasteiger charge is 1.96. The average Bonchev–Trinajstić information content (AvgIpc) is 3.11. The van der Waals surface area contributed by atoms with Crippen LogP contribution in [0.5, 0.6) is 0 Å². The van der Waals surface area contributed by atoms with Gasteiger partial charge in [0.05, 0.1) is 0 Å². The van der Waals surface area contributed by atoms with E-state index in [-0.39, 0.29) is 0 Å². The van der Waals surface area contributed by atoms with E-state index in [9.17, 15) is 0 Å². The van der Waals surface area contributed by atoms with Crippen LogP contribution in [0.15, 0.2) is 0 Å². The summed E-state index contributed by atoms with van der Waals surface area (Å²) in [7, 11) is 0. The maximum absolute atomic E-state index is 5.65. The number of unbranched alkanes of at least 4 members (excludes halogenated alkanes) is 30. The van der Waals surface area contributed by atoms with E-state index in [1.54, 1.807) is 0 Å². The molecule has 0 aromatic carbocycles. The number of rotatable bonds is 36. The lowest BCUT2D eigenvalue weighted by molar-refractivity contribution is -0.0556. The fourth-order valence-electron chi connectivity index (χ4n) is 5.90. The lowest BCUT2D eigenvalue weighted by Crippen LogP contribution is -2.03. The van der Waals surface area contributed by atoms with Gasteiger partial charge in [-0.1, -0.05) is 192 Å². The first kappa shape index (κ1) is 47.2. The van der Waals surface area contributed by atoms with Gasteiger partial charge in [-0.25, -0.2) is 0 Å². The molecule has 280 valence electrons. The maximum atomic E-state index is 5.65. The first-order chi connectivity index (χ1) is 24.4. The molecule has 0 radical (unpaired) electrons. The SMILES string of the molecule is CCCCCCCCCCC#CC#CCCCCCCCCCOCOCCCCCCCCCC#CC#CCCCCCCCCCC. The van der Waals surface area contributed by atoms with Gasteiger partial charge in [-0.3, -0.25) is 0 Å². The second-order valence-electron chi connectivity index (χ2n) is 14.0. The van der Waals surface area contributed by atoms with E-state index >= 15 is 0 Å². The molecule has 2 heteroatoms. The van der Waals surface area contributed by atoms with Crippen LogP contribution in [0.3, 0.4) is 0 Å². The number of hydrogen-bond donors (Lipinski definition) is 0. The van der Waals surface area contributed by atoms with Gasteiger partial charge in [-0.05, 0) is 62.2 Å². The van der Waals surface area contributed by atoms with Crippen molar-refractivity contribution in [1.29, 1.82) is 0 Å². The molecule has 0 spiro atoms. The molecule has 0 aliphatic carbocycles. The van der Waals surface area contributed by atoms with Crippen LogP contribution in [0, 0.1) is 47.4 Å². The summed E-state index contributed by atoms with van der Waals surface area (Å²) >= 11 is 0. The smallest absolute Gasteiger partial charge is 0.146 e. The summed E-state index contributed by atoms with van der Waals surface area (Å²) in [5.41, 5.74) is 0. The van der Waals surface area contributed by atoms with E-state index in [1.807, 2.05) is 0 Å². The zero-order valence-electron chi connectivity index (χ0n) is 33.0. The monoisotopic (exact) mass is 677 g/mol. The normalized spacial score (nSPS) is 10.3. The number of ether oxygens (including phenoxy) is 2. The standard InChI is InChI=1S/C47H80O2/c1-3-5-7-9-11-13-15-17-19-21-23-25-27-29-31-33-35-37-39-41-43-45-48-47-49-46-44-42-40-38-36-34-32-30-28-26-24-22-20-18-16-14-12-10-8-6-4-2/h3-20,29-47H2,1-2H3. The third-order valence-electron chi connectivity index (χ3n) is 9.14. The second-order valence-corrected chi connectivity index (χ2v) is 14.0. The molecule has 49 heavy (non-hydrogen) atoms. The van der Waals surface area contributed by atoms with Crippen LogP contribution in [-0.2, 0) is 9.47 Å². The fourth-order valence-corrected chi connectivity index (χ4v) is 5.90. The van der Waals surface area contributed by atoms with Gasteiger partial charge in [0.25, 0.3) is 0 Å².